The van der Waals surface area contributed by atoms with Gasteiger partial charge in [0, 0.05) is 13.0 Å². The average Bonchev–Trinajstić information content (AvgIpc) is 2.09. The number of carbonyl (C=O) groups is 1. The van der Waals surface area contributed by atoms with E-state index < -0.39 is 6.04 Å². The third-order valence-electron chi connectivity index (χ3n) is 1.94. The summed E-state index contributed by atoms with van der Waals surface area (Å²) in [4.78, 5) is 11.5. The van der Waals surface area contributed by atoms with Crippen molar-refractivity contribution in [2.24, 2.45) is 11.1 Å². The first kappa shape index (κ1) is 13.0. The molecule has 0 radical (unpaired) electrons. The first-order chi connectivity index (χ1) is 6.39. The molecular formula is C11H20N2O. The van der Waals surface area contributed by atoms with E-state index in [4.69, 9.17) is 5.73 Å². The molecule has 3 nitrogen and oxygen atoms in total. The largest absolute Gasteiger partial charge is 0.354 e. The van der Waals surface area contributed by atoms with Crippen LogP contribution < -0.4 is 11.1 Å². The Morgan fingerprint density at radius 3 is 2.50 bits per heavy atom. The molecule has 0 spiro atoms. The Morgan fingerprint density at radius 1 is 1.50 bits per heavy atom. The van der Waals surface area contributed by atoms with Crippen LogP contribution in [0.4, 0.5) is 0 Å². The van der Waals surface area contributed by atoms with Gasteiger partial charge in [-0.05, 0) is 12.3 Å². The Kier molecular flexibility index (Phi) is 5.26. The fraction of sp³-hybridized carbons (Fsp3) is 0.727. The first-order valence-electron chi connectivity index (χ1n) is 4.82. The van der Waals surface area contributed by atoms with E-state index in [0.717, 1.165) is 0 Å². The van der Waals surface area contributed by atoms with E-state index in [1.165, 1.54) is 0 Å². The van der Waals surface area contributed by atoms with Crippen molar-refractivity contribution >= 4 is 5.91 Å². The van der Waals surface area contributed by atoms with E-state index in [-0.39, 0.29) is 11.3 Å². The van der Waals surface area contributed by atoms with Crippen molar-refractivity contribution in [1.29, 1.82) is 0 Å². The Balaban J connectivity index is 3.89. The molecule has 0 aromatic rings. The van der Waals surface area contributed by atoms with Crippen LogP contribution in [0.15, 0.2) is 0 Å². The molecule has 0 heterocycles. The van der Waals surface area contributed by atoms with Gasteiger partial charge in [-0.3, -0.25) is 4.79 Å². The van der Waals surface area contributed by atoms with Crippen LogP contribution in [-0.4, -0.2) is 18.5 Å². The minimum atomic E-state index is -0.461. The molecule has 0 aliphatic carbocycles. The van der Waals surface area contributed by atoms with Gasteiger partial charge < -0.3 is 11.1 Å². The molecule has 0 aromatic heterocycles. The summed E-state index contributed by atoms with van der Waals surface area (Å²) in [5.74, 6) is 5.54. The van der Waals surface area contributed by atoms with Gasteiger partial charge in [-0.1, -0.05) is 20.8 Å². The highest BCUT2D eigenvalue weighted by Gasteiger charge is 2.26. The van der Waals surface area contributed by atoms with Crippen LogP contribution in [0.25, 0.3) is 0 Å². The molecule has 0 bridgehead atoms. The summed E-state index contributed by atoms with van der Waals surface area (Å²) < 4.78 is 0. The molecule has 0 saturated heterocycles. The van der Waals surface area contributed by atoms with Gasteiger partial charge in [0.2, 0.25) is 5.91 Å². The monoisotopic (exact) mass is 196 g/mol. The number of nitrogens with two attached hydrogens (primary N) is 1. The lowest BCUT2D eigenvalue weighted by atomic mass is 9.87. The van der Waals surface area contributed by atoms with E-state index in [1.54, 1.807) is 6.92 Å². The predicted molar refractivity (Wildman–Crippen MR) is 58.5 cm³/mol. The maximum atomic E-state index is 11.5. The van der Waals surface area contributed by atoms with Crippen molar-refractivity contribution in [2.45, 2.75) is 40.2 Å². The standard InChI is InChI=1S/C11H20N2O/c1-5-6-7-8-13-10(14)9(12)11(2,3)4/h9H,7-8,12H2,1-4H3,(H,13,14)/t9-/m0/s1. The molecule has 14 heavy (non-hydrogen) atoms. The van der Waals surface area contributed by atoms with Crippen molar-refractivity contribution < 1.29 is 4.79 Å². The topological polar surface area (TPSA) is 55.1 Å². The van der Waals surface area contributed by atoms with E-state index >= 15 is 0 Å². The zero-order chi connectivity index (χ0) is 11.2. The molecule has 1 amide bonds. The zero-order valence-corrected chi connectivity index (χ0v) is 9.48. The summed E-state index contributed by atoms with van der Waals surface area (Å²) in [7, 11) is 0. The molecular weight excluding hydrogens is 176 g/mol. The van der Waals surface area contributed by atoms with E-state index in [0.29, 0.717) is 13.0 Å². The van der Waals surface area contributed by atoms with Crippen LogP contribution in [0.3, 0.4) is 0 Å². The lowest BCUT2D eigenvalue weighted by molar-refractivity contribution is -0.124. The first-order valence-corrected chi connectivity index (χ1v) is 4.82. The van der Waals surface area contributed by atoms with Gasteiger partial charge in [-0.15, -0.1) is 11.8 Å². The Morgan fingerprint density at radius 2 is 2.07 bits per heavy atom. The van der Waals surface area contributed by atoms with Crippen molar-refractivity contribution in [1.82, 2.24) is 5.32 Å². The second-order valence-corrected chi connectivity index (χ2v) is 4.31. The molecule has 3 heteroatoms. The van der Waals surface area contributed by atoms with Crippen molar-refractivity contribution in [3.05, 3.63) is 0 Å². The summed E-state index contributed by atoms with van der Waals surface area (Å²) >= 11 is 0. The lowest BCUT2D eigenvalue weighted by Gasteiger charge is -2.25. The SMILES string of the molecule is CC#CCCNC(=O)[C@H](N)C(C)(C)C. The van der Waals surface area contributed by atoms with Crippen LogP contribution in [0, 0.1) is 17.3 Å². The highest BCUT2D eigenvalue weighted by molar-refractivity contribution is 5.82. The molecule has 80 valence electrons. The molecule has 3 N–H and O–H groups in total. The van der Waals surface area contributed by atoms with E-state index in [2.05, 4.69) is 17.2 Å². The smallest absolute Gasteiger partial charge is 0.237 e. The Hall–Kier alpha value is -1.01. The highest BCUT2D eigenvalue weighted by atomic mass is 16.2. The Bertz CT molecular complexity index is 242. The maximum absolute atomic E-state index is 11.5. The second-order valence-electron chi connectivity index (χ2n) is 4.31. The van der Waals surface area contributed by atoms with E-state index in [1.807, 2.05) is 20.8 Å². The highest BCUT2D eigenvalue weighted by Crippen LogP contribution is 2.16. The summed E-state index contributed by atoms with van der Waals surface area (Å²) in [6.07, 6.45) is 0.680. The molecule has 0 aliphatic heterocycles. The van der Waals surface area contributed by atoms with Gasteiger partial charge >= 0.3 is 0 Å². The summed E-state index contributed by atoms with van der Waals surface area (Å²) in [6.45, 7) is 8.20. The van der Waals surface area contributed by atoms with Crippen molar-refractivity contribution in [3.8, 4) is 11.8 Å². The van der Waals surface area contributed by atoms with Gasteiger partial charge in [0.1, 0.15) is 0 Å². The summed E-state index contributed by atoms with van der Waals surface area (Å²) in [6, 6.07) is -0.461. The third kappa shape index (κ3) is 4.88. The van der Waals surface area contributed by atoms with Crippen molar-refractivity contribution in [2.75, 3.05) is 6.54 Å². The number of nitrogens with one attached hydrogen (secondary N) is 1. The van der Waals surface area contributed by atoms with Crippen LogP contribution in [0.1, 0.15) is 34.1 Å². The van der Waals surface area contributed by atoms with Gasteiger partial charge in [0.05, 0.1) is 6.04 Å². The minimum absolute atomic E-state index is 0.101. The maximum Gasteiger partial charge on any atom is 0.237 e. The molecule has 0 aromatic carbocycles. The molecule has 1 atom stereocenters. The van der Waals surface area contributed by atoms with Gasteiger partial charge in [0.15, 0.2) is 0 Å². The summed E-state index contributed by atoms with van der Waals surface area (Å²) in [5, 5.41) is 2.76. The van der Waals surface area contributed by atoms with Crippen LogP contribution in [0.2, 0.25) is 0 Å². The molecule has 0 aliphatic rings. The van der Waals surface area contributed by atoms with Gasteiger partial charge in [-0.25, -0.2) is 0 Å². The Labute approximate surface area is 86.4 Å². The zero-order valence-electron chi connectivity index (χ0n) is 9.48. The molecule has 0 unspecified atom stereocenters. The van der Waals surface area contributed by atoms with Crippen molar-refractivity contribution in [3.63, 3.8) is 0 Å². The number of carbonyl (C=O) groups excluding carboxylic acids is 1. The quantitative estimate of drug-likeness (QED) is 0.520. The van der Waals surface area contributed by atoms with Crippen LogP contribution in [-0.2, 0) is 4.79 Å². The fourth-order valence-corrected chi connectivity index (χ4v) is 0.876. The molecule has 0 fully saturated rings. The molecule has 0 saturated carbocycles. The number of hydrogen-bond donors (Lipinski definition) is 2. The van der Waals surface area contributed by atoms with Gasteiger partial charge in [-0.2, -0.15) is 0 Å². The minimum Gasteiger partial charge on any atom is -0.354 e. The van der Waals surface area contributed by atoms with Crippen LogP contribution in [0.5, 0.6) is 0 Å². The number of hydrogen-bond acceptors (Lipinski definition) is 2. The average molecular weight is 196 g/mol. The summed E-state index contributed by atoms with van der Waals surface area (Å²) in [5.41, 5.74) is 5.57. The van der Waals surface area contributed by atoms with Crippen LogP contribution >= 0.6 is 0 Å². The molecule has 0 rings (SSSR count). The lowest BCUT2D eigenvalue weighted by Crippen LogP contribution is -2.48. The van der Waals surface area contributed by atoms with E-state index in [9.17, 15) is 4.79 Å². The second kappa shape index (κ2) is 5.66. The fourth-order valence-electron chi connectivity index (χ4n) is 0.876. The number of amides is 1. The predicted octanol–water partition coefficient (Wildman–Crippen LogP) is 0.889. The third-order valence-corrected chi connectivity index (χ3v) is 1.94. The van der Waals surface area contributed by atoms with Gasteiger partial charge in [0.25, 0.3) is 0 Å². The normalized spacial score (nSPS) is 12.6. The number of rotatable bonds is 3.